The molecule has 7 rings (SSSR count). The Labute approximate surface area is 215 Å². The van der Waals surface area contributed by atoms with Crippen LogP contribution in [0, 0.1) is 19.7 Å². The number of hydrogen-bond donors (Lipinski definition) is 1. The molecule has 3 saturated heterocycles. The van der Waals surface area contributed by atoms with Gasteiger partial charge in [0.15, 0.2) is 17.4 Å². The van der Waals surface area contributed by atoms with E-state index in [0.29, 0.717) is 24.3 Å². The molecule has 0 spiro atoms. The van der Waals surface area contributed by atoms with Crippen molar-refractivity contribution in [3.05, 3.63) is 82.8 Å². The van der Waals surface area contributed by atoms with Gasteiger partial charge in [0.2, 0.25) is 0 Å². The number of aryl methyl sites for hydroxylation is 2. The molecule has 2 bridgehead atoms. The minimum atomic E-state index is -0.308. The number of aromatic nitrogens is 5. The molecule has 3 aromatic heterocycles. The van der Waals surface area contributed by atoms with Gasteiger partial charge in [0.25, 0.3) is 0 Å². The molecule has 9 heteroatoms. The molecular formula is C28H30FN7O. The molecule has 2 unspecified atom stereocenters. The van der Waals surface area contributed by atoms with E-state index in [-0.39, 0.29) is 11.6 Å². The standard InChI is InChI=1S/C28H30FN7O/c1-17-8-21(11-22-9-18(2)33-34-22)32-28(31-17)20-5-7-27(30-13-20)35-15-23-12-24(16-35)36(23)14-19-4-6-26(37-3)25(29)10-19/h4-10,13,23-24H,11-12,14-16H2,1-3H3,(H,33,34). The first kappa shape index (κ1) is 23.5. The zero-order valence-corrected chi connectivity index (χ0v) is 21.3. The number of nitrogens with zero attached hydrogens (tertiary/aromatic N) is 6. The highest BCUT2D eigenvalue weighted by Gasteiger charge is 2.44. The van der Waals surface area contributed by atoms with Crippen LogP contribution in [-0.4, -0.2) is 62.3 Å². The van der Waals surface area contributed by atoms with Crippen LogP contribution in [-0.2, 0) is 13.0 Å². The molecule has 4 aromatic rings. The van der Waals surface area contributed by atoms with Gasteiger partial charge in [0.05, 0.1) is 18.5 Å². The van der Waals surface area contributed by atoms with Crippen LogP contribution in [0.1, 0.15) is 34.8 Å². The van der Waals surface area contributed by atoms with Crippen LogP contribution in [0.3, 0.4) is 0 Å². The van der Waals surface area contributed by atoms with Crippen LogP contribution in [0.15, 0.2) is 48.7 Å². The summed E-state index contributed by atoms with van der Waals surface area (Å²) in [7, 11) is 1.49. The number of piperidine rings is 1. The third-order valence-electron chi connectivity index (χ3n) is 7.28. The molecule has 1 N–H and O–H groups in total. The number of anilines is 1. The summed E-state index contributed by atoms with van der Waals surface area (Å²) >= 11 is 0. The number of aromatic amines is 1. The Hall–Kier alpha value is -3.85. The quantitative estimate of drug-likeness (QED) is 0.410. The maximum absolute atomic E-state index is 14.1. The minimum absolute atomic E-state index is 0.285. The highest BCUT2D eigenvalue weighted by Crippen LogP contribution is 2.36. The summed E-state index contributed by atoms with van der Waals surface area (Å²) < 4.78 is 19.2. The molecule has 6 heterocycles. The number of fused-ring (bicyclic) bond motifs is 2. The largest absolute Gasteiger partial charge is 0.494 e. The van der Waals surface area contributed by atoms with Gasteiger partial charge in [0.1, 0.15) is 5.82 Å². The SMILES string of the molecule is COc1ccc(CN2C3CC2CN(c2ccc(-c4nc(C)cc(Cc5cc(C)[nH]n5)n4)cn2)C3)cc1F. The Balaban J connectivity index is 1.11. The Morgan fingerprint density at radius 1 is 1.03 bits per heavy atom. The molecular weight excluding hydrogens is 469 g/mol. The third kappa shape index (κ3) is 4.79. The van der Waals surface area contributed by atoms with Gasteiger partial charge in [-0.15, -0.1) is 0 Å². The first-order valence-electron chi connectivity index (χ1n) is 12.6. The van der Waals surface area contributed by atoms with E-state index in [1.165, 1.54) is 13.5 Å². The lowest BCUT2D eigenvalue weighted by molar-refractivity contribution is -0.00875. The molecule has 3 fully saturated rings. The molecule has 0 saturated carbocycles. The number of ether oxygens (including phenoxy) is 1. The number of rotatable bonds is 7. The molecule has 3 aliphatic rings. The molecule has 8 nitrogen and oxygen atoms in total. The van der Waals surface area contributed by atoms with Gasteiger partial charge in [-0.2, -0.15) is 5.10 Å². The second-order valence-electron chi connectivity index (χ2n) is 10.0. The molecule has 2 atom stereocenters. The first-order valence-corrected chi connectivity index (χ1v) is 12.6. The van der Waals surface area contributed by atoms with E-state index in [9.17, 15) is 4.39 Å². The smallest absolute Gasteiger partial charge is 0.165 e. The highest BCUT2D eigenvalue weighted by molar-refractivity contribution is 5.57. The van der Waals surface area contributed by atoms with Crippen molar-refractivity contribution in [3.63, 3.8) is 0 Å². The monoisotopic (exact) mass is 499 g/mol. The maximum Gasteiger partial charge on any atom is 0.165 e. The molecule has 37 heavy (non-hydrogen) atoms. The van der Waals surface area contributed by atoms with E-state index >= 15 is 0 Å². The van der Waals surface area contributed by atoms with Gasteiger partial charge in [-0.1, -0.05) is 6.07 Å². The van der Waals surface area contributed by atoms with Crippen LogP contribution in [0.5, 0.6) is 5.75 Å². The lowest BCUT2D eigenvalue weighted by Gasteiger charge is -2.56. The molecule has 0 radical (unpaired) electrons. The fraction of sp³-hybridized carbons (Fsp3) is 0.357. The average Bonchev–Trinajstić information content (AvgIpc) is 3.31. The average molecular weight is 500 g/mol. The topological polar surface area (TPSA) is 83.1 Å². The van der Waals surface area contributed by atoms with Crippen molar-refractivity contribution in [1.29, 1.82) is 0 Å². The summed E-state index contributed by atoms with van der Waals surface area (Å²) in [5.41, 5.74) is 5.73. The second-order valence-corrected chi connectivity index (χ2v) is 10.0. The summed E-state index contributed by atoms with van der Waals surface area (Å²) in [6, 6.07) is 14.3. The number of halogens is 1. The van der Waals surface area contributed by atoms with Crippen molar-refractivity contribution >= 4 is 5.82 Å². The summed E-state index contributed by atoms with van der Waals surface area (Å²) in [6.45, 7) is 6.55. The zero-order valence-electron chi connectivity index (χ0n) is 21.3. The Bertz CT molecular complexity index is 1410. The van der Waals surface area contributed by atoms with Gasteiger partial charge in [-0.25, -0.2) is 19.3 Å². The van der Waals surface area contributed by atoms with Gasteiger partial charge in [-0.3, -0.25) is 10.00 Å². The van der Waals surface area contributed by atoms with Gasteiger partial charge < -0.3 is 9.64 Å². The minimum Gasteiger partial charge on any atom is -0.494 e. The van der Waals surface area contributed by atoms with Crippen molar-refractivity contribution in [2.24, 2.45) is 0 Å². The van der Waals surface area contributed by atoms with Crippen LogP contribution < -0.4 is 9.64 Å². The second kappa shape index (κ2) is 9.55. The summed E-state index contributed by atoms with van der Waals surface area (Å²) in [4.78, 5) is 19.0. The Morgan fingerprint density at radius 3 is 2.54 bits per heavy atom. The van der Waals surface area contributed by atoms with Crippen molar-refractivity contribution in [2.75, 3.05) is 25.1 Å². The van der Waals surface area contributed by atoms with Crippen molar-refractivity contribution < 1.29 is 9.13 Å². The molecule has 1 aromatic carbocycles. The fourth-order valence-corrected chi connectivity index (χ4v) is 5.46. The summed E-state index contributed by atoms with van der Waals surface area (Å²) in [5, 5.41) is 7.31. The van der Waals surface area contributed by atoms with Gasteiger partial charge in [0, 0.05) is 61.3 Å². The number of nitrogens with one attached hydrogen (secondary N) is 1. The predicted octanol–water partition coefficient (Wildman–Crippen LogP) is 4.08. The van der Waals surface area contributed by atoms with Crippen molar-refractivity contribution in [2.45, 2.75) is 45.3 Å². The fourth-order valence-electron chi connectivity index (χ4n) is 5.46. The van der Waals surface area contributed by atoms with Crippen molar-refractivity contribution in [1.82, 2.24) is 30.0 Å². The molecule has 190 valence electrons. The normalized spacial score (nSPS) is 19.1. The highest BCUT2D eigenvalue weighted by atomic mass is 19.1. The summed E-state index contributed by atoms with van der Waals surface area (Å²) in [5.74, 6) is 1.62. The van der Waals surface area contributed by atoms with E-state index in [2.05, 4.69) is 37.1 Å². The van der Waals surface area contributed by atoms with Crippen LogP contribution >= 0.6 is 0 Å². The number of piperazine rings is 1. The number of hydrogen-bond acceptors (Lipinski definition) is 7. The van der Waals surface area contributed by atoms with E-state index in [4.69, 9.17) is 14.7 Å². The van der Waals surface area contributed by atoms with E-state index in [1.807, 2.05) is 38.2 Å². The summed E-state index contributed by atoms with van der Waals surface area (Å²) in [6.07, 6.45) is 3.69. The zero-order chi connectivity index (χ0) is 25.5. The van der Waals surface area contributed by atoms with Crippen molar-refractivity contribution in [3.8, 4) is 17.1 Å². The molecule has 0 aliphatic carbocycles. The van der Waals surface area contributed by atoms with E-state index in [1.54, 1.807) is 12.1 Å². The molecule has 0 amide bonds. The van der Waals surface area contributed by atoms with Crippen LogP contribution in [0.25, 0.3) is 11.4 Å². The first-order chi connectivity index (χ1) is 17.9. The van der Waals surface area contributed by atoms with E-state index < -0.39 is 0 Å². The number of benzene rings is 1. The van der Waals surface area contributed by atoms with Gasteiger partial charge >= 0.3 is 0 Å². The van der Waals surface area contributed by atoms with Crippen LogP contribution in [0.2, 0.25) is 0 Å². The van der Waals surface area contributed by atoms with E-state index in [0.717, 1.165) is 59.4 Å². The maximum atomic E-state index is 14.1. The Kier molecular flexibility index (Phi) is 6.08. The number of pyridine rings is 1. The Morgan fingerprint density at radius 2 is 1.86 bits per heavy atom. The lowest BCUT2D eigenvalue weighted by Crippen LogP contribution is -2.68. The molecule has 3 aliphatic heterocycles. The van der Waals surface area contributed by atoms with Gasteiger partial charge in [-0.05, 0) is 62.2 Å². The van der Waals surface area contributed by atoms with Crippen LogP contribution in [0.4, 0.5) is 10.2 Å². The number of H-pyrrole nitrogens is 1. The predicted molar refractivity (Wildman–Crippen MR) is 139 cm³/mol. The lowest BCUT2D eigenvalue weighted by atomic mass is 9.86. The number of methoxy groups -OCH3 is 1. The third-order valence-corrected chi connectivity index (χ3v) is 7.28.